The molecule has 2 rings (SSSR count). The zero-order valence-electron chi connectivity index (χ0n) is 7.46. The van der Waals surface area contributed by atoms with Crippen LogP contribution in [0.25, 0.3) is 5.57 Å². The zero-order valence-corrected chi connectivity index (χ0v) is 7.46. The topological polar surface area (TPSA) is 26.3 Å². The number of fused-ring (bicyclic) bond motifs is 1. The van der Waals surface area contributed by atoms with E-state index in [-0.39, 0.29) is 5.97 Å². The lowest BCUT2D eigenvalue weighted by atomic mass is 9.99. The van der Waals surface area contributed by atoms with Crippen molar-refractivity contribution in [2.45, 2.75) is 13.5 Å². The smallest absolute Gasteiger partial charge is 0.338 e. The molecule has 1 aromatic rings. The molecule has 0 amide bonds. The van der Waals surface area contributed by atoms with Crippen LogP contribution in [-0.4, -0.2) is 5.97 Å². The third kappa shape index (κ3) is 1.15. The first-order valence-corrected chi connectivity index (χ1v) is 4.15. The van der Waals surface area contributed by atoms with Crippen molar-refractivity contribution in [2.24, 2.45) is 0 Å². The summed E-state index contributed by atoms with van der Waals surface area (Å²) in [6.07, 6.45) is 0. The van der Waals surface area contributed by atoms with Gasteiger partial charge in [0.15, 0.2) is 0 Å². The molecule has 1 aliphatic heterocycles. The molecule has 13 heavy (non-hydrogen) atoms. The van der Waals surface area contributed by atoms with Gasteiger partial charge < -0.3 is 4.74 Å². The van der Waals surface area contributed by atoms with Gasteiger partial charge in [0.2, 0.25) is 0 Å². The van der Waals surface area contributed by atoms with Gasteiger partial charge in [-0.15, -0.1) is 0 Å². The first-order chi connectivity index (χ1) is 6.20. The Labute approximate surface area is 76.8 Å². The van der Waals surface area contributed by atoms with Gasteiger partial charge in [-0.3, -0.25) is 0 Å². The Kier molecular flexibility index (Phi) is 1.69. The van der Waals surface area contributed by atoms with E-state index in [4.69, 9.17) is 4.74 Å². The SMILES string of the molecule is C=C(C)c1cccc2c1COC2=O. The van der Waals surface area contributed by atoms with E-state index in [2.05, 4.69) is 6.58 Å². The van der Waals surface area contributed by atoms with Crippen molar-refractivity contribution in [1.29, 1.82) is 0 Å². The molecule has 0 atom stereocenters. The van der Waals surface area contributed by atoms with E-state index < -0.39 is 0 Å². The summed E-state index contributed by atoms with van der Waals surface area (Å²) in [6, 6.07) is 5.61. The second kappa shape index (κ2) is 2.73. The molecule has 66 valence electrons. The molecule has 0 N–H and O–H groups in total. The lowest BCUT2D eigenvalue weighted by Crippen LogP contribution is -1.93. The quantitative estimate of drug-likeness (QED) is 0.611. The molecule has 0 spiro atoms. The fourth-order valence-corrected chi connectivity index (χ4v) is 1.55. The minimum Gasteiger partial charge on any atom is -0.457 e. The average molecular weight is 174 g/mol. The lowest BCUT2D eigenvalue weighted by molar-refractivity contribution is 0.0535. The number of carbonyl (C=O) groups is 1. The van der Waals surface area contributed by atoms with E-state index >= 15 is 0 Å². The molecule has 0 aromatic heterocycles. The van der Waals surface area contributed by atoms with Gasteiger partial charge >= 0.3 is 5.97 Å². The van der Waals surface area contributed by atoms with Crippen molar-refractivity contribution in [2.75, 3.05) is 0 Å². The molecule has 0 fully saturated rings. The largest absolute Gasteiger partial charge is 0.457 e. The van der Waals surface area contributed by atoms with Crippen LogP contribution >= 0.6 is 0 Å². The molecule has 0 saturated heterocycles. The lowest BCUT2D eigenvalue weighted by Gasteiger charge is -2.03. The van der Waals surface area contributed by atoms with E-state index in [1.807, 2.05) is 19.1 Å². The number of hydrogen-bond donors (Lipinski definition) is 0. The van der Waals surface area contributed by atoms with Gasteiger partial charge in [0.25, 0.3) is 0 Å². The maximum atomic E-state index is 11.2. The Bertz CT molecular complexity index is 391. The molecule has 0 saturated carbocycles. The molecular formula is C11H10O2. The second-order valence-corrected chi connectivity index (χ2v) is 3.19. The number of rotatable bonds is 1. The fourth-order valence-electron chi connectivity index (χ4n) is 1.55. The molecule has 2 nitrogen and oxygen atoms in total. The van der Waals surface area contributed by atoms with Crippen molar-refractivity contribution in [1.82, 2.24) is 0 Å². The summed E-state index contributed by atoms with van der Waals surface area (Å²) in [5.74, 6) is -0.224. The second-order valence-electron chi connectivity index (χ2n) is 3.19. The normalized spacial score (nSPS) is 13.8. The van der Waals surface area contributed by atoms with E-state index in [9.17, 15) is 4.79 Å². The fraction of sp³-hybridized carbons (Fsp3) is 0.182. The minimum absolute atomic E-state index is 0.224. The predicted octanol–water partition coefficient (Wildman–Crippen LogP) is 2.39. The highest BCUT2D eigenvalue weighted by molar-refractivity contribution is 5.95. The molecule has 1 aliphatic rings. The monoisotopic (exact) mass is 174 g/mol. The van der Waals surface area contributed by atoms with E-state index in [1.165, 1.54) is 0 Å². The molecule has 0 bridgehead atoms. The van der Waals surface area contributed by atoms with Crippen LogP contribution in [0, 0.1) is 0 Å². The van der Waals surface area contributed by atoms with Crippen LogP contribution < -0.4 is 0 Å². The van der Waals surface area contributed by atoms with Crippen molar-refractivity contribution in [3.63, 3.8) is 0 Å². The van der Waals surface area contributed by atoms with Crippen LogP contribution in [0.5, 0.6) is 0 Å². The number of carbonyl (C=O) groups excluding carboxylic acids is 1. The Morgan fingerprint density at radius 3 is 3.00 bits per heavy atom. The first-order valence-electron chi connectivity index (χ1n) is 4.15. The highest BCUT2D eigenvalue weighted by Gasteiger charge is 2.23. The van der Waals surface area contributed by atoms with Gasteiger partial charge in [-0.1, -0.05) is 24.3 Å². The summed E-state index contributed by atoms with van der Waals surface area (Å²) in [5, 5.41) is 0. The molecule has 1 aromatic carbocycles. The van der Waals surface area contributed by atoms with Crippen molar-refractivity contribution in [3.05, 3.63) is 41.5 Å². The van der Waals surface area contributed by atoms with Crippen LogP contribution in [0.3, 0.4) is 0 Å². The van der Waals surface area contributed by atoms with E-state index in [0.29, 0.717) is 12.2 Å². The number of hydrogen-bond acceptors (Lipinski definition) is 2. The summed E-state index contributed by atoms with van der Waals surface area (Å²) >= 11 is 0. The Morgan fingerprint density at radius 1 is 1.54 bits per heavy atom. The minimum atomic E-state index is -0.224. The summed E-state index contributed by atoms with van der Waals surface area (Å²) in [7, 11) is 0. The Hall–Kier alpha value is -1.57. The van der Waals surface area contributed by atoms with Gasteiger partial charge in [-0.2, -0.15) is 0 Å². The summed E-state index contributed by atoms with van der Waals surface area (Å²) in [5.41, 5.74) is 3.65. The van der Waals surface area contributed by atoms with Gasteiger partial charge in [0.05, 0.1) is 5.56 Å². The Morgan fingerprint density at radius 2 is 2.31 bits per heavy atom. The third-order valence-corrected chi connectivity index (χ3v) is 2.20. The highest BCUT2D eigenvalue weighted by atomic mass is 16.5. The summed E-state index contributed by atoms with van der Waals surface area (Å²) < 4.78 is 4.93. The van der Waals surface area contributed by atoms with Gasteiger partial charge in [-0.25, -0.2) is 4.79 Å². The van der Waals surface area contributed by atoms with Gasteiger partial charge in [-0.05, 0) is 18.6 Å². The van der Waals surface area contributed by atoms with Gasteiger partial charge in [0, 0.05) is 5.56 Å². The van der Waals surface area contributed by atoms with Crippen molar-refractivity contribution < 1.29 is 9.53 Å². The summed E-state index contributed by atoms with van der Waals surface area (Å²) in [6.45, 7) is 6.18. The molecule has 1 heterocycles. The maximum Gasteiger partial charge on any atom is 0.338 e. The maximum absolute atomic E-state index is 11.2. The van der Waals surface area contributed by atoms with Crippen LogP contribution in [0.4, 0.5) is 0 Å². The van der Waals surface area contributed by atoms with Crippen LogP contribution in [-0.2, 0) is 11.3 Å². The predicted molar refractivity (Wildman–Crippen MR) is 50.3 cm³/mol. The Balaban J connectivity index is 2.63. The van der Waals surface area contributed by atoms with E-state index in [1.54, 1.807) is 6.07 Å². The molecule has 0 aliphatic carbocycles. The number of esters is 1. The molecule has 0 radical (unpaired) electrons. The number of ether oxygens (including phenoxy) is 1. The number of benzene rings is 1. The highest BCUT2D eigenvalue weighted by Crippen LogP contribution is 2.27. The molecule has 2 heteroatoms. The molecule has 0 unspecified atom stereocenters. The molecular weight excluding hydrogens is 164 g/mol. The summed E-state index contributed by atoms with van der Waals surface area (Å²) in [4.78, 5) is 11.2. The van der Waals surface area contributed by atoms with Crippen molar-refractivity contribution in [3.8, 4) is 0 Å². The van der Waals surface area contributed by atoms with Crippen LogP contribution in [0.15, 0.2) is 24.8 Å². The zero-order chi connectivity index (χ0) is 9.42. The first kappa shape index (κ1) is 8.05. The third-order valence-electron chi connectivity index (χ3n) is 2.20. The van der Waals surface area contributed by atoms with Crippen LogP contribution in [0.1, 0.15) is 28.4 Å². The van der Waals surface area contributed by atoms with Crippen LogP contribution in [0.2, 0.25) is 0 Å². The van der Waals surface area contributed by atoms with Crippen molar-refractivity contribution >= 4 is 11.5 Å². The average Bonchev–Trinajstić information content (AvgIpc) is 2.48. The standard InChI is InChI=1S/C11H10O2/c1-7(2)8-4-3-5-9-10(8)6-13-11(9)12/h3-5H,1,6H2,2H3. The van der Waals surface area contributed by atoms with E-state index in [0.717, 1.165) is 16.7 Å². The number of allylic oxidation sites excluding steroid dienone is 1. The number of cyclic esters (lactones) is 1. The van der Waals surface area contributed by atoms with Gasteiger partial charge in [0.1, 0.15) is 6.61 Å².